The zero-order valence-electron chi connectivity index (χ0n) is 17.4. The first-order chi connectivity index (χ1) is 13.5. The van der Waals surface area contributed by atoms with E-state index in [2.05, 4.69) is 21.2 Å². The third kappa shape index (κ3) is 4.15. The van der Waals surface area contributed by atoms with Gasteiger partial charge in [0.1, 0.15) is 0 Å². The third-order valence-electron chi connectivity index (χ3n) is 7.19. The fraction of sp³-hybridized carbons (Fsp3) is 0.682. The lowest BCUT2D eigenvalue weighted by Gasteiger charge is -2.60. The molecule has 2 unspecified atom stereocenters. The van der Waals surface area contributed by atoms with E-state index in [0.717, 1.165) is 18.3 Å². The highest BCUT2D eigenvalue weighted by molar-refractivity contribution is 9.10. The van der Waals surface area contributed by atoms with Gasteiger partial charge >= 0.3 is 0 Å². The SMILES string of the molecule is CC(C)N(C)S(=O)(=O)c1ccc(NC(=O)CC23CC4CC(CC(Br)(C4)C2)C3)cc1. The Labute approximate surface area is 182 Å². The van der Waals surface area contributed by atoms with Gasteiger partial charge < -0.3 is 5.32 Å². The van der Waals surface area contributed by atoms with E-state index in [4.69, 9.17) is 0 Å². The summed E-state index contributed by atoms with van der Waals surface area (Å²) in [5.74, 6) is 1.55. The number of rotatable bonds is 6. The van der Waals surface area contributed by atoms with Gasteiger partial charge in [-0.25, -0.2) is 8.42 Å². The molecule has 4 fully saturated rings. The third-order valence-corrected chi connectivity index (χ3v) is 10.2. The van der Waals surface area contributed by atoms with Crippen LogP contribution >= 0.6 is 15.9 Å². The first-order valence-electron chi connectivity index (χ1n) is 10.6. The van der Waals surface area contributed by atoms with E-state index in [9.17, 15) is 13.2 Å². The Bertz CT molecular complexity index is 883. The molecule has 0 aliphatic heterocycles. The van der Waals surface area contributed by atoms with Crippen LogP contribution in [0.5, 0.6) is 0 Å². The maximum absolute atomic E-state index is 12.8. The molecule has 1 N–H and O–H groups in total. The molecule has 4 saturated carbocycles. The average molecular weight is 483 g/mol. The van der Waals surface area contributed by atoms with Gasteiger partial charge in [0.05, 0.1) is 4.90 Å². The summed E-state index contributed by atoms with van der Waals surface area (Å²) >= 11 is 4.00. The number of hydrogen-bond donors (Lipinski definition) is 1. The molecule has 1 amide bonds. The predicted octanol–water partition coefficient (Wildman–Crippen LogP) is 4.78. The molecule has 5 nitrogen and oxygen atoms in total. The quantitative estimate of drug-likeness (QED) is 0.593. The molecule has 160 valence electrons. The molecule has 0 saturated heterocycles. The van der Waals surface area contributed by atoms with Crippen LogP contribution in [0, 0.1) is 17.3 Å². The minimum absolute atomic E-state index is 0.0398. The van der Waals surface area contributed by atoms with Crippen molar-refractivity contribution in [3.8, 4) is 0 Å². The molecule has 29 heavy (non-hydrogen) atoms. The second kappa shape index (κ2) is 7.34. The Kier molecular flexibility index (Phi) is 5.40. The number of carbonyl (C=O) groups excluding carboxylic acids is 1. The number of hydrogen-bond acceptors (Lipinski definition) is 3. The van der Waals surface area contributed by atoms with Crippen molar-refractivity contribution in [1.82, 2.24) is 4.31 Å². The topological polar surface area (TPSA) is 66.5 Å². The van der Waals surface area contributed by atoms with E-state index >= 15 is 0 Å². The number of alkyl halides is 1. The molecule has 0 radical (unpaired) electrons. The van der Waals surface area contributed by atoms with Crippen molar-refractivity contribution >= 4 is 37.5 Å². The van der Waals surface area contributed by atoms with Gasteiger partial charge in [-0.3, -0.25) is 4.79 Å². The summed E-state index contributed by atoms with van der Waals surface area (Å²) in [6.45, 7) is 3.68. The molecule has 4 bridgehead atoms. The molecule has 4 aliphatic carbocycles. The second-order valence-electron chi connectivity index (χ2n) is 9.98. The lowest BCUT2D eigenvalue weighted by atomic mass is 9.48. The summed E-state index contributed by atoms with van der Waals surface area (Å²) in [6.07, 6.45) is 7.84. The first kappa shape index (κ1) is 21.3. The summed E-state index contributed by atoms with van der Waals surface area (Å²) < 4.78 is 26.8. The van der Waals surface area contributed by atoms with Crippen LogP contribution in [0.3, 0.4) is 0 Å². The number of benzene rings is 1. The lowest BCUT2D eigenvalue weighted by Crippen LogP contribution is -2.53. The summed E-state index contributed by atoms with van der Waals surface area (Å²) in [5, 5.41) is 3.00. The number of anilines is 1. The molecule has 2 atom stereocenters. The Morgan fingerprint density at radius 3 is 2.28 bits per heavy atom. The molecule has 7 heteroatoms. The van der Waals surface area contributed by atoms with Crippen molar-refractivity contribution in [3.05, 3.63) is 24.3 Å². The van der Waals surface area contributed by atoms with Crippen LogP contribution in [0.4, 0.5) is 5.69 Å². The Morgan fingerprint density at radius 2 is 1.76 bits per heavy atom. The number of nitrogens with one attached hydrogen (secondary N) is 1. The molecule has 1 aromatic rings. The van der Waals surface area contributed by atoms with Crippen LogP contribution in [-0.2, 0) is 14.8 Å². The molecular formula is C22H31BrN2O3S. The number of amides is 1. The van der Waals surface area contributed by atoms with Crippen LogP contribution < -0.4 is 5.32 Å². The Morgan fingerprint density at radius 1 is 1.17 bits per heavy atom. The smallest absolute Gasteiger partial charge is 0.243 e. The summed E-state index contributed by atoms with van der Waals surface area (Å²) in [7, 11) is -1.93. The molecular weight excluding hydrogens is 452 g/mol. The average Bonchev–Trinajstić information content (AvgIpc) is 2.58. The highest BCUT2D eigenvalue weighted by Gasteiger charge is 2.57. The molecule has 5 rings (SSSR count). The number of sulfonamides is 1. The van der Waals surface area contributed by atoms with E-state index in [1.165, 1.54) is 36.4 Å². The van der Waals surface area contributed by atoms with Crippen molar-refractivity contribution in [3.63, 3.8) is 0 Å². The fourth-order valence-electron chi connectivity index (χ4n) is 6.24. The highest BCUT2D eigenvalue weighted by atomic mass is 79.9. The fourth-order valence-corrected chi connectivity index (χ4v) is 9.12. The standard InChI is InChI=1S/C22H31BrN2O3S/c1-15(2)25(3)29(27,28)19-6-4-18(5-7-19)24-20(26)13-21-9-16-8-17(10-21)12-22(23,11-16)14-21/h4-7,15-17H,8-14H2,1-3H3,(H,24,26). The van der Waals surface area contributed by atoms with Crippen LogP contribution in [0.1, 0.15) is 58.8 Å². The molecule has 0 spiro atoms. The lowest BCUT2D eigenvalue weighted by molar-refractivity contribution is -0.123. The van der Waals surface area contributed by atoms with Crippen LogP contribution in [0.15, 0.2) is 29.2 Å². The van der Waals surface area contributed by atoms with Crippen molar-refractivity contribution in [2.75, 3.05) is 12.4 Å². The summed E-state index contributed by atoms with van der Waals surface area (Å²) in [4.78, 5) is 13.1. The van der Waals surface area contributed by atoms with Crippen molar-refractivity contribution < 1.29 is 13.2 Å². The van der Waals surface area contributed by atoms with E-state index in [-0.39, 0.29) is 26.6 Å². The zero-order valence-corrected chi connectivity index (χ0v) is 19.9. The van der Waals surface area contributed by atoms with E-state index < -0.39 is 10.0 Å². The van der Waals surface area contributed by atoms with Gasteiger partial charge in [0.25, 0.3) is 0 Å². The summed E-state index contributed by atoms with van der Waals surface area (Å²) in [6, 6.07) is 6.40. The maximum Gasteiger partial charge on any atom is 0.243 e. The van der Waals surface area contributed by atoms with Crippen LogP contribution in [0.25, 0.3) is 0 Å². The van der Waals surface area contributed by atoms with Crippen LogP contribution in [-0.4, -0.2) is 36.0 Å². The monoisotopic (exact) mass is 482 g/mol. The minimum Gasteiger partial charge on any atom is -0.326 e. The second-order valence-corrected chi connectivity index (χ2v) is 13.7. The molecule has 4 aliphatic rings. The van der Waals surface area contributed by atoms with Gasteiger partial charge in [0.15, 0.2) is 0 Å². The number of carbonyl (C=O) groups is 1. The first-order valence-corrected chi connectivity index (χ1v) is 12.8. The van der Waals surface area contributed by atoms with Crippen LogP contribution in [0.2, 0.25) is 0 Å². The number of nitrogens with zero attached hydrogens (tertiary/aromatic N) is 1. The number of halogens is 1. The van der Waals surface area contributed by atoms with E-state index in [1.54, 1.807) is 31.3 Å². The molecule has 0 aromatic heterocycles. The highest BCUT2D eigenvalue weighted by Crippen LogP contribution is 2.65. The minimum atomic E-state index is -3.51. The van der Waals surface area contributed by atoms with Crippen molar-refractivity contribution in [1.29, 1.82) is 0 Å². The van der Waals surface area contributed by atoms with E-state index in [1.807, 2.05) is 13.8 Å². The van der Waals surface area contributed by atoms with E-state index in [0.29, 0.717) is 12.1 Å². The maximum atomic E-state index is 12.8. The Hall–Kier alpha value is -0.920. The van der Waals surface area contributed by atoms with Crippen molar-refractivity contribution in [2.45, 2.75) is 74.1 Å². The normalized spacial score (nSPS) is 33.4. The van der Waals surface area contributed by atoms with Gasteiger partial charge in [-0.1, -0.05) is 15.9 Å². The van der Waals surface area contributed by atoms with Gasteiger partial charge in [-0.2, -0.15) is 4.31 Å². The van der Waals surface area contributed by atoms with Gasteiger partial charge in [0.2, 0.25) is 15.9 Å². The largest absolute Gasteiger partial charge is 0.326 e. The molecule has 1 aromatic carbocycles. The summed E-state index contributed by atoms with van der Waals surface area (Å²) in [5.41, 5.74) is 0.778. The van der Waals surface area contributed by atoms with Crippen molar-refractivity contribution in [2.24, 2.45) is 17.3 Å². The van der Waals surface area contributed by atoms with Gasteiger partial charge in [-0.05, 0) is 93.9 Å². The Balaban J connectivity index is 1.42. The predicted molar refractivity (Wildman–Crippen MR) is 119 cm³/mol. The molecule has 0 heterocycles. The van der Waals surface area contributed by atoms with Gasteiger partial charge in [0, 0.05) is 29.5 Å². The zero-order chi connectivity index (χ0) is 21.0. The van der Waals surface area contributed by atoms with Gasteiger partial charge in [-0.15, -0.1) is 0 Å².